The van der Waals surface area contributed by atoms with Crippen LogP contribution in [0, 0.1) is 0 Å². The Bertz CT molecular complexity index is 118. The van der Waals surface area contributed by atoms with Crippen molar-refractivity contribution in [3.8, 4) is 0 Å². The van der Waals surface area contributed by atoms with Gasteiger partial charge in [-0.05, 0) is 12.5 Å². The van der Waals surface area contributed by atoms with Crippen molar-refractivity contribution < 1.29 is 4.55 Å². The van der Waals surface area contributed by atoms with Crippen LogP contribution in [0.4, 0.5) is 0 Å². The van der Waals surface area contributed by atoms with Crippen LogP contribution in [0.3, 0.4) is 0 Å². The third kappa shape index (κ3) is 4.63. The van der Waals surface area contributed by atoms with Crippen LogP contribution in [-0.4, -0.2) is 4.55 Å². The molecule has 0 heterocycles. The maximum atomic E-state index is 10.5. The van der Waals surface area contributed by atoms with Crippen molar-refractivity contribution in [1.29, 1.82) is 0 Å². The molecule has 0 fully saturated rings. The summed E-state index contributed by atoms with van der Waals surface area (Å²) in [6, 6.07) is 0. The van der Waals surface area contributed by atoms with Crippen molar-refractivity contribution in [2.45, 2.75) is 13.3 Å². The average Bonchev–Trinajstić information content (AvgIpc) is 1.82. The van der Waals surface area contributed by atoms with E-state index in [0.29, 0.717) is 0 Å². The minimum absolute atomic E-state index is 0.762. The lowest BCUT2D eigenvalue weighted by Crippen LogP contribution is -1.89. The van der Waals surface area contributed by atoms with Crippen LogP contribution in [0.15, 0.2) is 23.6 Å². The Labute approximate surface area is 63.8 Å². The highest BCUT2D eigenvalue weighted by Gasteiger charge is 1.99. The Balaban J connectivity index is 3.68. The molecule has 0 aliphatic heterocycles. The van der Waals surface area contributed by atoms with Crippen molar-refractivity contribution in [2.24, 2.45) is 0 Å². The molecule has 1 unspecified atom stereocenters. The predicted octanol–water partition coefficient (Wildman–Crippen LogP) is 2.06. The van der Waals surface area contributed by atoms with Gasteiger partial charge in [0.05, 0.1) is 21.9 Å². The first-order chi connectivity index (χ1) is 4.18. The largest absolute Gasteiger partial charge is 0.601 e. The van der Waals surface area contributed by atoms with Gasteiger partial charge in [0.15, 0.2) is 0 Å². The first kappa shape index (κ1) is 9.14. The third-order valence-electron chi connectivity index (χ3n) is 0.847. The Hall–Kier alpha value is 0.140. The van der Waals surface area contributed by atoms with Crippen LogP contribution in [0.25, 0.3) is 0 Å². The lowest BCUT2D eigenvalue weighted by molar-refractivity contribution is 0.615. The van der Waals surface area contributed by atoms with Gasteiger partial charge in [-0.1, -0.05) is 6.08 Å². The van der Waals surface area contributed by atoms with Crippen LogP contribution in [-0.2, 0) is 10.2 Å². The molecule has 0 radical (unpaired) electrons. The monoisotopic (exact) mass is 162 g/mol. The van der Waals surface area contributed by atoms with Gasteiger partial charge in [0.1, 0.15) is 4.91 Å². The van der Waals surface area contributed by atoms with Crippen molar-refractivity contribution in [3.63, 3.8) is 0 Å². The van der Waals surface area contributed by atoms with E-state index >= 15 is 0 Å². The highest BCUT2D eigenvalue weighted by atomic mass is 33.1. The van der Waals surface area contributed by atoms with Crippen LogP contribution >= 0.6 is 11.7 Å². The number of hydrogen-bond acceptors (Lipinski definition) is 2. The molecular formula is C6H10OS2. The van der Waals surface area contributed by atoms with Crippen LogP contribution < -0.4 is 0 Å². The number of rotatable bonds is 3. The van der Waals surface area contributed by atoms with Gasteiger partial charge in [-0.3, -0.25) is 0 Å². The molecule has 0 rings (SSSR count). The van der Waals surface area contributed by atoms with Gasteiger partial charge < -0.3 is 4.55 Å². The van der Waals surface area contributed by atoms with Gasteiger partial charge >= 0.3 is 0 Å². The number of hydrogen-bond donors (Lipinski definition) is 1. The smallest absolute Gasteiger partial charge is 0.135 e. The van der Waals surface area contributed by atoms with Crippen molar-refractivity contribution in [1.82, 2.24) is 0 Å². The second-order valence-electron chi connectivity index (χ2n) is 1.59. The summed E-state index contributed by atoms with van der Waals surface area (Å²) in [6.07, 6.45) is 4.36. The number of allylic oxidation sites excluding steroid dienone is 3. The standard InChI is InChI=1S/C6H10OS2/c1-3-4-5-6(2)9(7)8/h3,5H,1,4H2,2H3,(H,7,8)/b6-5+. The van der Waals surface area contributed by atoms with Gasteiger partial charge in [-0.2, -0.15) is 0 Å². The molecule has 0 saturated heterocycles. The molecule has 0 saturated carbocycles. The molecule has 0 aromatic rings. The van der Waals surface area contributed by atoms with Gasteiger partial charge in [0, 0.05) is 6.92 Å². The van der Waals surface area contributed by atoms with E-state index < -0.39 is 10.2 Å². The van der Waals surface area contributed by atoms with Crippen molar-refractivity contribution >= 4 is 21.9 Å². The van der Waals surface area contributed by atoms with Crippen LogP contribution in [0.5, 0.6) is 0 Å². The highest BCUT2D eigenvalue weighted by molar-refractivity contribution is 8.65. The highest BCUT2D eigenvalue weighted by Crippen LogP contribution is 2.10. The zero-order valence-electron chi connectivity index (χ0n) is 5.33. The SMILES string of the molecule is C=CC/C=C(\C)[S+]([O-])S. The molecule has 0 spiro atoms. The quantitative estimate of drug-likeness (QED) is 0.292. The van der Waals surface area contributed by atoms with Gasteiger partial charge in [-0.15, -0.1) is 6.58 Å². The van der Waals surface area contributed by atoms with E-state index in [1.54, 1.807) is 13.0 Å². The summed E-state index contributed by atoms with van der Waals surface area (Å²) in [6.45, 7) is 5.31. The number of thiol groups is 1. The lowest BCUT2D eigenvalue weighted by atomic mass is 10.4. The first-order valence-electron chi connectivity index (χ1n) is 2.57. The topological polar surface area (TPSA) is 23.1 Å². The summed E-state index contributed by atoms with van der Waals surface area (Å²) in [5.74, 6) is 0. The predicted molar refractivity (Wildman–Crippen MR) is 45.7 cm³/mol. The lowest BCUT2D eigenvalue weighted by Gasteiger charge is -1.98. The van der Waals surface area contributed by atoms with Crippen LogP contribution in [0.2, 0.25) is 0 Å². The fraction of sp³-hybridized carbons (Fsp3) is 0.333. The zero-order chi connectivity index (χ0) is 7.28. The Morgan fingerprint density at radius 1 is 1.89 bits per heavy atom. The molecule has 0 bridgehead atoms. The van der Waals surface area contributed by atoms with Crippen LogP contribution in [0.1, 0.15) is 13.3 Å². The summed E-state index contributed by atoms with van der Waals surface area (Å²) in [5, 5.41) is 0. The van der Waals surface area contributed by atoms with Crippen molar-refractivity contribution in [2.75, 3.05) is 0 Å². The summed E-state index contributed by atoms with van der Waals surface area (Å²) >= 11 is 3.74. The molecule has 0 aromatic heterocycles. The van der Waals surface area contributed by atoms with E-state index in [2.05, 4.69) is 18.2 Å². The molecule has 0 aliphatic carbocycles. The normalized spacial score (nSPS) is 15.2. The minimum Gasteiger partial charge on any atom is -0.601 e. The molecule has 9 heavy (non-hydrogen) atoms. The van der Waals surface area contributed by atoms with E-state index in [9.17, 15) is 4.55 Å². The fourth-order valence-corrected chi connectivity index (χ4v) is 0.783. The van der Waals surface area contributed by atoms with E-state index in [4.69, 9.17) is 0 Å². The molecular weight excluding hydrogens is 152 g/mol. The van der Waals surface area contributed by atoms with Gasteiger partial charge in [0.25, 0.3) is 0 Å². The Morgan fingerprint density at radius 2 is 2.44 bits per heavy atom. The molecule has 0 N–H and O–H groups in total. The summed E-state index contributed by atoms with van der Waals surface area (Å²) in [7, 11) is -1.10. The summed E-state index contributed by atoms with van der Waals surface area (Å²) in [5.41, 5.74) is 0. The minimum atomic E-state index is -1.10. The molecule has 1 nitrogen and oxygen atoms in total. The van der Waals surface area contributed by atoms with Gasteiger partial charge in [-0.25, -0.2) is 0 Å². The second kappa shape index (κ2) is 4.97. The molecule has 0 aliphatic rings. The average molecular weight is 162 g/mol. The fourth-order valence-electron chi connectivity index (χ4n) is 0.321. The molecule has 3 heteroatoms. The van der Waals surface area contributed by atoms with E-state index in [1.165, 1.54) is 0 Å². The second-order valence-corrected chi connectivity index (χ2v) is 3.73. The molecule has 0 amide bonds. The van der Waals surface area contributed by atoms with E-state index in [0.717, 1.165) is 11.3 Å². The van der Waals surface area contributed by atoms with E-state index in [-0.39, 0.29) is 0 Å². The third-order valence-corrected chi connectivity index (χ3v) is 2.43. The Kier molecular flexibility index (Phi) is 5.04. The maximum absolute atomic E-state index is 10.5. The van der Waals surface area contributed by atoms with Gasteiger partial charge in [0.2, 0.25) is 0 Å². The maximum Gasteiger partial charge on any atom is 0.135 e. The molecule has 1 atom stereocenters. The van der Waals surface area contributed by atoms with Crippen molar-refractivity contribution in [3.05, 3.63) is 23.6 Å². The van der Waals surface area contributed by atoms with E-state index in [1.807, 2.05) is 6.08 Å². The first-order valence-corrected chi connectivity index (χ1v) is 4.77. The Morgan fingerprint density at radius 3 is 2.78 bits per heavy atom. The zero-order valence-corrected chi connectivity index (χ0v) is 7.04. The summed E-state index contributed by atoms with van der Waals surface area (Å²) < 4.78 is 10.5. The molecule has 52 valence electrons. The molecule has 0 aromatic carbocycles. The summed E-state index contributed by atoms with van der Waals surface area (Å²) in [4.78, 5) is 0.790.